The molecule has 2 aromatic carbocycles. The maximum atomic E-state index is 11.6. The van der Waals surface area contributed by atoms with E-state index in [-0.39, 0.29) is 12.5 Å². The fourth-order valence-corrected chi connectivity index (χ4v) is 1.77. The van der Waals surface area contributed by atoms with Crippen LogP contribution in [0.15, 0.2) is 42.5 Å². The first-order valence-corrected chi connectivity index (χ1v) is 5.18. The van der Waals surface area contributed by atoms with Crippen molar-refractivity contribution in [3.05, 3.63) is 42.5 Å². The summed E-state index contributed by atoms with van der Waals surface area (Å²) in [6.07, 6.45) is 0. The molecule has 0 heterocycles. The van der Waals surface area contributed by atoms with Crippen molar-refractivity contribution in [3.8, 4) is 0 Å². The molecule has 2 aromatic rings. The summed E-state index contributed by atoms with van der Waals surface area (Å²) >= 11 is 0. The second-order valence-corrected chi connectivity index (χ2v) is 3.66. The molecule has 0 fully saturated rings. The van der Waals surface area contributed by atoms with Crippen molar-refractivity contribution in [2.24, 2.45) is 5.73 Å². The lowest BCUT2D eigenvalue weighted by Gasteiger charge is -2.18. The van der Waals surface area contributed by atoms with Crippen molar-refractivity contribution < 1.29 is 4.79 Å². The molecule has 0 radical (unpaired) electrons. The van der Waals surface area contributed by atoms with Gasteiger partial charge in [-0.2, -0.15) is 0 Å². The molecule has 0 aromatic heterocycles. The van der Waals surface area contributed by atoms with Gasteiger partial charge < -0.3 is 10.6 Å². The van der Waals surface area contributed by atoms with Crippen LogP contribution in [-0.4, -0.2) is 19.5 Å². The minimum absolute atomic E-state index is 0.0275. The van der Waals surface area contributed by atoms with Gasteiger partial charge in [0, 0.05) is 12.4 Å². The molecule has 0 spiro atoms. The summed E-state index contributed by atoms with van der Waals surface area (Å²) in [6.45, 7) is 0.0275. The van der Waals surface area contributed by atoms with Crippen LogP contribution in [0.4, 0.5) is 5.69 Å². The van der Waals surface area contributed by atoms with Gasteiger partial charge in [0.2, 0.25) is 5.91 Å². The molecular formula is C13H14N2O. The number of nitrogens with zero attached hydrogens (tertiary/aromatic N) is 1. The molecule has 0 aliphatic carbocycles. The highest BCUT2D eigenvalue weighted by Crippen LogP contribution is 2.25. The van der Waals surface area contributed by atoms with E-state index in [0.717, 1.165) is 16.5 Å². The Hall–Kier alpha value is -1.87. The fourth-order valence-electron chi connectivity index (χ4n) is 1.77. The smallest absolute Gasteiger partial charge is 0.240 e. The van der Waals surface area contributed by atoms with Crippen LogP contribution in [0.3, 0.4) is 0 Å². The number of fused-ring (bicyclic) bond motifs is 1. The number of carbonyl (C=O) groups excluding carboxylic acids is 1. The summed E-state index contributed by atoms with van der Waals surface area (Å²) in [5.74, 6) is -0.0867. The molecule has 2 rings (SSSR count). The molecule has 0 saturated carbocycles. The van der Waals surface area contributed by atoms with Gasteiger partial charge in [0.25, 0.3) is 0 Å². The van der Waals surface area contributed by atoms with E-state index in [1.54, 1.807) is 11.9 Å². The van der Waals surface area contributed by atoms with Gasteiger partial charge in [-0.3, -0.25) is 4.79 Å². The van der Waals surface area contributed by atoms with Crippen LogP contribution in [0, 0.1) is 0 Å². The van der Waals surface area contributed by atoms with Crippen LogP contribution in [0.25, 0.3) is 10.8 Å². The second kappa shape index (κ2) is 4.33. The van der Waals surface area contributed by atoms with Crippen LogP contribution in [0.2, 0.25) is 0 Å². The number of hydrogen-bond donors (Lipinski definition) is 1. The predicted octanol–water partition coefficient (Wildman–Crippen LogP) is 1.76. The number of nitrogens with two attached hydrogens (primary N) is 1. The van der Waals surface area contributed by atoms with Crippen LogP contribution in [0.1, 0.15) is 0 Å². The Labute approximate surface area is 94.5 Å². The average molecular weight is 214 g/mol. The van der Waals surface area contributed by atoms with Crippen molar-refractivity contribution in [1.29, 1.82) is 0 Å². The van der Waals surface area contributed by atoms with E-state index in [2.05, 4.69) is 0 Å². The summed E-state index contributed by atoms with van der Waals surface area (Å²) in [7, 11) is 1.75. The zero-order valence-electron chi connectivity index (χ0n) is 9.18. The standard InChI is InChI=1S/C13H14N2O/c1-15(13(16)9-14)12-8-4-6-10-5-2-3-7-11(10)12/h2-8H,9,14H2,1H3. The third-order valence-electron chi connectivity index (χ3n) is 2.68. The Morgan fingerprint density at radius 1 is 1.19 bits per heavy atom. The zero-order valence-corrected chi connectivity index (χ0v) is 9.18. The van der Waals surface area contributed by atoms with Crippen LogP contribution in [-0.2, 0) is 4.79 Å². The first kappa shape index (κ1) is 10.6. The highest BCUT2D eigenvalue weighted by Gasteiger charge is 2.10. The van der Waals surface area contributed by atoms with E-state index in [9.17, 15) is 4.79 Å². The molecular weight excluding hydrogens is 200 g/mol. The number of anilines is 1. The van der Waals surface area contributed by atoms with Crippen molar-refractivity contribution >= 4 is 22.4 Å². The molecule has 16 heavy (non-hydrogen) atoms. The van der Waals surface area contributed by atoms with Crippen molar-refractivity contribution in [3.63, 3.8) is 0 Å². The van der Waals surface area contributed by atoms with Gasteiger partial charge in [0.15, 0.2) is 0 Å². The van der Waals surface area contributed by atoms with E-state index in [1.165, 1.54) is 0 Å². The lowest BCUT2D eigenvalue weighted by molar-refractivity contribution is -0.117. The van der Waals surface area contributed by atoms with Gasteiger partial charge >= 0.3 is 0 Å². The van der Waals surface area contributed by atoms with Gasteiger partial charge in [-0.05, 0) is 11.5 Å². The van der Waals surface area contributed by atoms with Crippen LogP contribution >= 0.6 is 0 Å². The molecule has 2 N–H and O–H groups in total. The fraction of sp³-hybridized carbons (Fsp3) is 0.154. The Bertz CT molecular complexity index is 517. The number of amides is 1. The molecule has 0 bridgehead atoms. The largest absolute Gasteiger partial charge is 0.322 e. The first-order chi connectivity index (χ1) is 7.74. The number of likely N-dealkylation sites (N-methyl/N-ethyl adjacent to an activating group) is 1. The molecule has 0 atom stereocenters. The minimum atomic E-state index is -0.0867. The maximum Gasteiger partial charge on any atom is 0.240 e. The van der Waals surface area contributed by atoms with Crippen LogP contribution in [0.5, 0.6) is 0 Å². The molecule has 3 nitrogen and oxygen atoms in total. The van der Waals surface area contributed by atoms with Gasteiger partial charge in [0.05, 0.1) is 12.2 Å². The monoisotopic (exact) mass is 214 g/mol. The van der Waals surface area contributed by atoms with Gasteiger partial charge in [-0.25, -0.2) is 0 Å². The first-order valence-electron chi connectivity index (χ1n) is 5.18. The summed E-state index contributed by atoms with van der Waals surface area (Å²) in [4.78, 5) is 13.2. The average Bonchev–Trinajstić information content (AvgIpc) is 2.36. The molecule has 1 amide bonds. The SMILES string of the molecule is CN(C(=O)CN)c1cccc2ccccc12. The van der Waals surface area contributed by atoms with Crippen molar-refractivity contribution in [2.75, 3.05) is 18.5 Å². The quantitative estimate of drug-likeness (QED) is 0.828. The topological polar surface area (TPSA) is 46.3 Å². The number of carbonyl (C=O) groups is 1. The summed E-state index contributed by atoms with van der Waals surface area (Å²) in [5, 5.41) is 2.19. The van der Waals surface area contributed by atoms with Crippen LogP contribution < -0.4 is 10.6 Å². The highest BCUT2D eigenvalue weighted by atomic mass is 16.2. The number of rotatable bonds is 2. The molecule has 0 unspecified atom stereocenters. The molecule has 3 heteroatoms. The van der Waals surface area contributed by atoms with E-state index >= 15 is 0 Å². The van der Waals surface area contributed by atoms with Gasteiger partial charge in [-0.1, -0.05) is 36.4 Å². The Morgan fingerprint density at radius 3 is 2.62 bits per heavy atom. The van der Waals surface area contributed by atoms with E-state index in [0.29, 0.717) is 0 Å². The number of hydrogen-bond acceptors (Lipinski definition) is 2. The van der Waals surface area contributed by atoms with Crippen molar-refractivity contribution in [2.45, 2.75) is 0 Å². The summed E-state index contributed by atoms with van der Waals surface area (Å²) in [5.41, 5.74) is 6.26. The van der Waals surface area contributed by atoms with Crippen molar-refractivity contribution in [1.82, 2.24) is 0 Å². The molecule has 0 saturated heterocycles. The van der Waals surface area contributed by atoms with Gasteiger partial charge in [0.1, 0.15) is 0 Å². The predicted molar refractivity (Wildman–Crippen MR) is 66.4 cm³/mol. The lowest BCUT2D eigenvalue weighted by atomic mass is 10.1. The molecule has 0 aliphatic rings. The zero-order chi connectivity index (χ0) is 11.5. The highest BCUT2D eigenvalue weighted by molar-refractivity contribution is 6.03. The second-order valence-electron chi connectivity index (χ2n) is 3.66. The maximum absolute atomic E-state index is 11.6. The minimum Gasteiger partial charge on any atom is -0.322 e. The Morgan fingerprint density at radius 2 is 1.88 bits per heavy atom. The Kier molecular flexibility index (Phi) is 2.88. The third-order valence-corrected chi connectivity index (χ3v) is 2.68. The van der Waals surface area contributed by atoms with Gasteiger partial charge in [-0.15, -0.1) is 0 Å². The lowest BCUT2D eigenvalue weighted by Crippen LogP contribution is -2.32. The molecule has 82 valence electrons. The summed E-state index contributed by atoms with van der Waals surface area (Å²) in [6, 6.07) is 13.9. The third kappa shape index (κ3) is 1.77. The summed E-state index contributed by atoms with van der Waals surface area (Å²) < 4.78 is 0. The Balaban J connectivity index is 2.56. The molecule has 0 aliphatic heterocycles. The normalized spacial score (nSPS) is 10.4. The number of benzene rings is 2. The van der Waals surface area contributed by atoms with E-state index in [1.807, 2.05) is 42.5 Å². The van der Waals surface area contributed by atoms with E-state index in [4.69, 9.17) is 5.73 Å². The van der Waals surface area contributed by atoms with E-state index < -0.39 is 0 Å².